The topological polar surface area (TPSA) is 89.8 Å². The fourth-order valence-electron chi connectivity index (χ4n) is 5.16. The SMILES string of the molecule is COc1ccc2c(c1)O[C@]1(C[C@H]3CC[C@H]1C[C@@H]3C(=O)NCc1ccco1)NC2=O. The maximum absolute atomic E-state index is 12.8. The predicted molar refractivity (Wildman–Crippen MR) is 103 cm³/mol. The molecular weight excluding hydrogens is 372 g/mol. The summed E-state index contributed by atoms with van der Waals surface area (Å²) in [6, 6.07) is 8.91. The number of ether oxygens (including phenoxy) is 2. The lowest BCUT2D eigenvalue weighted by molar-refractivity contribution is -0.146. The van der Waals surface area contributed by atoms with Crippen molar-refractivity contribution < 1.29 is 23.5 Å². The van der Waals surface area contributed by atoms with Crippen LogP contribution in [0.25, 0.3) is 0 Å². The zero-order valence-electron chi connectivity index (χ0n) is 16.3. The molecule has 152 valence electrons. The molecule has 0 radical (unpaired) electrons. The summed E-state index contributed by atoms with van der Waals surface area (Å²) in [5.41, 5.74) is -0.220. The highest BCUT2D eigenvalue weighted by molar-refractivity contribution is 5.98. The van der Waals surface area contributed by atoms with Gasteiger partial charge in [-0.15, -0.1) is 0 Å². The second-order valence-corrected chi connectivity index (χ2v) is 8.19. The van der Waals surface area contributed by atoms with Gasteiger partial charge in [0.1, 0.15) is 17.3 Å². The van der Waals surface area contributed by atoms with Gasteiger partial charge in [0.05, 0.1) is 25.5 Å². The van der Waals surface area contributed by atoms with Crippen LogP contribution in [0.2, 0.25) is 0 Å². The Kier molecular flexibility index (Phi) is 4.26. The molecule has 7 heteroatoms. The Morgan fingerprint density at radius 3 is 2.97 bits per heavy atom. The first-order valence-corrected chi connectivity index (χ1v) is 10.1. The van der Waals surface area contributed by atoms with Crippen LogP contribution in [0.3, 0.4) is 0 Å². The number of amides is 2. The maximum Gasteiger partial charge on any atom is 0.258 e. The number of benzene rings is 1. The summed E-state index contributed by atoms with van der Waals surface area (Å²) in [6.45, 7) is 0.394. The van der Waals surface area contributed by atoms with E-state index in [0.717, 1.165) is 18.6 Å². The highest BCUT2D eigenvalue weighted by Crippen LogP contribution is 2.52. The summed E-state index contributed by atoms with van der Waals surface area (Å²) < 4.78 is 17.0. The molecule has 2 aromatic rings. The van der Waals surface area contributed by atoms with E-state index in [1.54, 1.807) is 31.6 Å². The van der Waals surface area contributed by atoms with Gasteiger partial charge in [-0.1, -0.05) is 0 Å². The van der Waals surface area contributed by atoms with Gasteiger partial charge in [-0.05, 0) is 49.4 Å². The van der Waals surface area contributed by atoms with Crippen molar-refractivity contribution in [1.29, 1.82) is 0 Å². The molecule has 4 atom stereocenters. The Morgan fingerprint density at radius 1 is 1.34 bits per heavy atom. The molecular formula is C22H24N2O5. The summed E-state index contributed by atoms with van der Waals surface area (Å²) in [6.07, 6.45) is 4.85. The van der Waals surface area contributed by atoms with Crippen molar-refractivity contribution >= 4 is 11.8 Å². The van der Waals surface area contributed by atoms with Crippen molar-refractivity contribution in [1.82, 2.24) is 10.6 Å². The molecule has 2 amide bonds. The molecule has 29 heavy (non-hydrogen) atoms. The number of rotatable bonds is 4. The number of furan rings is 1. The maximum atomic E-state index is 12.8. The second-order valence-electron chi connectivity index (χ2n) is 8.19. The summed E-state index contributed by atoms with van der Waals surface area (Å²) >= 11 is 0. The number of methoxy groups -OCH3 is 1. The van der Waals surface area contributed by atoms with E-state index in [-0.39, 0.29) is 29.6 Å². The van der Waals surface area contributed by atoms with Gasteiger partial charge in [0, 0.05) is 24.3 Å². The Bertz CT molecular complexity index is 941. The summed E-state index contributed by atoms with van der Waals surface area (Å²) in [5, 5.41) is 6.12. The van der Waals surface area contributed by atoms with Crippen molar-refractivity contribution in [2.75, 3.05) is 7.11 Å². The Hall–Kier alpha value is -2.96. The fraction of sp³-hybridized carbons (Fsp3) is 0.455. The van der Waals surface area contributed by atoms with Crippen LogP contribution in [0.5, 0.6) is 11.5 Å². The molecule has 6 rings (SSSR count). The van der Waals surface area contributed by atoms with Gasteiger partial charge in [0.15, 0.2) is 5.72 Å². The molecule has 3 saturated carbocycles. The number of nitrogens with one attached hydrogen (secondary N) is 2. The Morgan fingerprint density at radius 2 is 2.24 bits per heavy atom. The minimum atomic E-state index is -0.739. The van der Waals surface area contributed by atoms with Crippen molar-refractivity contribution in [3.8, 4) is 11.5 Å². The van der Waals surface area contributed by atoms with E-state index < -0.39 is 5.72 Å². The third-order valence-electron chi connectivity index (χ3n) is 6.62. The van der Waals surface area contributed by atoms with Gasteiger partial charge in [-0.2, -0.15) is 0 Å². The lowest BCUT2D eigenvalue weighted by Crippen LogP contribution is -2.66. The lowest BCUT2D eigenvalue weighted by Gasteiger charge is -2.55. The number of hydrogen-bond acceptors (Lipinski definition) is 5. The van der Waals surface area contributed by atoms with Crippen LogP contribution in [0.15, 0.2) is 41.0 Å². The first-order chi connectivity index (χ1) is 14.1. The largest absolute Gasteiger partial charge is 0.497 e. The molecule has 1 spiro atoms. The average Bonchev–Trinajstić information content (AvgIpc) is 3.25. The van der Waals surface area contributed by atoms with Crippen LogP contribution < -0.4 is 20.1 Å². The summed E-state index contributed by atoms with van der Waals surface area (Å²) in [5.74, 6) is 2.07. The number of hydrogen-bond donors (Lipinski definition) is 2. The van der Waals surface area contributed by atoms with Crippen LogP contribution in [-0.4, -0.2) is 24.6 Å². The molecule has 0 unspecified atom stereocenters. The summed E-state index contributed by atoms with van der Waals surface area (Å²) in [4.78, 5) is 25.6. The fourth-order valence-corrected chi connectivity index (χ4v) is 5.16. The molecule has 3 aliphatic carbocycles. The van der Waals surface area contributed by atoms with Crippen molar-refractivity contribution in [2.45, 2.75) is 38.0 Å². The zero-order valence-corrected chi connectivity index (χ0v) is 16.3. The van der Waals surface area contributed by atoms with E-state index >= 15 is 0 Å². The molecule has 1 aliphatic heterocycles. The van der Waals surface area contributed by atoms with Crippen molar-refractivity contribution in [3.05, 3.63) is 47.9 Å². The molecule has 2 heterocycles. The summed E-state index contributed by atoms with van der Waals surface area (Å²) in [7, 11) is 1.59. The quantitative estimate of drug-likeness (QED) is 0.830. The van der Waals surface area contributed by atoms with Gasteiger partial charge < -0.3 is 24.5 Å². The molecule has 7 nitrogen and oxygen atoms in total. The number of fused-ring (bicyclic) bond motifs is 3. The van der Waals surface area contributed by atoms with Crippen LogP contribution >= 0.6 is 0 Å². The van der Waals surface area contributed by atoms with E-state index in [4.69, 9.17) is 13.9 Å². The second kappa shape index (κ2) is 6.83. The van der Waals surface area contributed by atoms with Gasteiger partial charge in [-0.25, -0.2) is 0 Å². The third-order valence-corrected chi connectivity index (χ3v) is 6.62. The monoisotopic (exact) mass is 396 g/mol. The molecule has 1 aromatic carbocycles. The molecule has 2 bridgehead atoms. The van der Waals surface area contributed by atoms with E-state index in [2.05, 4.69) is 10.6 Å². The van der Waals surface area contributed by atoms with Gasteiger partial charge >= 0.3 is 0 Å². The number of carbonyl (C=O) groups excluding carboxylic acids is 2. The first kappa shape index (κ1) is 18.1. The highest BCUT2D eigenvalue weighted by atomic mass is 16.5. The molecule has 0 saturated heterocycles. The van der Waals surface area contributed by atoms with E-state index in [9.17, 15) is 9.59 Å². The first-order valence-electron chi connectivity index (χ1n) is 10.1. The molecule has 1 aromatic heterocycles. The van der Waals surface area contributed by atoms with Crippen LogP contribution in [0.1, 0.15) is 41.8 Å². The van der Waals surface area contributed by atoms with Crippen molar-refractivity contribution in [3.63, 3.8) is 0 Å². The van der Waals surface area contributed by atoms with Gasteiger partial charge in [-0.3, -0.25) is 9.59 Å². The van der Waals surface area contributed by atoms with Crippen LogP contribution in [0, 0.1) is 17.8 Å². The normalized spacial score (nSPS) is 29.7. The zero-order chi connectivity index (χ0) is 20.0. The minimum Gasteiger partial charge on any atom is -0.497 e. The van der Waals surface area contributed by atoms with E-state index in [0.29, 0.717) is 36.4 Å². The standard InChI is InChI=1S/C22H24N2O5/c1-27-15-6-7-17-19(10-15)29-22(24-21(17)26)11-13-4-5-14(22)9-18(13)20(25)23-12-16-3-2-8-28-16/h2-3,6-8,10,13-14,18H,4-5,9,11-12H2,1H3,(H,23,25)(H,24,26)/t13-,14+,18+,22+/m1/s1. The molecule has 3 fully saturated rings. The van der Waals surface area contributed by atoms with Gasteiger partial charge in [0.2, 0.25) is 5.91 Å². The smallest absolute Gasteiger partial charge is 0.258 e. The van der Waals surface area contributed by atoms with Crippen LogP contribution in [-0.2, 0) is 11.3 Å². The molecule has 2 N–H and O–H groups in total. The van der Waals surface area contributed by atoms with Crippen molar-refractivity contribution in [2.24, 2.45) is 17.8 Å². The minimum absolute atomic E-state index is 0.0511. The van der Waals surface area contributed by atoms with E-state index in [1.165, 1.54) is 0 Å². The Balaban J connectivity index is 1.33. The van der Waals surface area contributed by atoms with Gasteiger partial charge in [0.25, 0.3) is 5.91 Å². The highest BCUT2D eigenvalue weighted by Gasteiger charge is 2.57. The Labute approximate surface area is 168 Å². The number of carbonyl (C=O) groups is 2. The lowest BCUT2D eigenvalue weighted by atomic mass is 9.60. The van der Waals surface area contributed by atoms with Crippen LogP contribution in [0.4, 0.5) is 0 Å². The third kappa shape index (κ3) is 3.05. The van der Waals surface area contributed by atoms with E-state index in [1.807, 2.05) is 12.1 Å². The molecule has 4 aliphatic rings. The average molecular weight is 396 g/mol. The predicted octanol–water partition coefficient (Wildman–Crippen LogP) is 2.86.